The third-order valence-corrected chi connectivity index (χ3v) is 3.38. The fourth-order valence-corrected chi connectivity index (χ4v) is 2.50. The van der Waals surface area contributed by atoms with E-state index in [0.29, 0.717) is 11.6 Å². The van der Waals surface area contributed by atoms with Crippen LogP contribution >= 0.6 is 11.6 Å². The Morgan fingerprint density at radius 3 is 2.88 bits per heavy atom. The molecule has 0 radical (unpaired) electrons. The monoisotopic (exact) mass is 248 g/mol. The lowest BCUT2D eigenvalue weighted by Crippen LogP contribution is -2.02. The van der Waals surface area contributed by atoms with E-state index < -0.39 is 0 Å². The van der Waals surface area contributed by atoms with Crippen molar-refractivity contribution in [3.63, 3.8) is 0 Å². The highest BCUT2D eigenvalue weighted by molar-refractivity contribution is 6.35. The summed E-state index contributed by atoms with van der Waals surface area (Å²) in [6.45, 7) is 2.53. The van der Waals surface area contributed by atoms with E-state index in [2.05, 4.69) is 11.1 Å². The van der Waals surface area contributed by atoms with E-state index in [9.17, 15) is 0 Å². The van der Waals surface area contributed by atoms with Crippen molar-refractivity contribution in [3.8, 4) is 0 Å². The number of hydrogen-bond donors (Lipinski definition) is 1. The van der Waals surface area contributed by atoms with E-state index in [1.807, 2.05) is 35.2 Å². The largest absolute Gasteiger partial charge is 0.325 e. The Labute approximate surface area is 104 Å². The molecule has 3 aromatic rings. The third-order valence-electron chi connectivity index (χ3n) is 3.09. The predicted molar refractivity (Wildman–Crippen MR) is 69.3 cm³/mol. The van der Waals surface area contributed by atoms with E-state index >= 15 is 0 Å². The van der Waals surface area contributed by atoms with Gasteiger partial charge in [0.15, 0.2) is 0 Å². The van der Waals surface area contributed by atoms with Gasteiger partial charge in [0.05, 0.1) is 16.2 Å². The van der Waals surface area contributed by atoms with Crippen LogP contribution < -0.4 is 5.73 Å². The molecule has 2 N–H and O–H groups in total. The van der Waals surface area contributed by atoms with Crippen LogP contribution in [0, 0.1) is 6.92 Å². The van der Waals surface area contributed by atoms with E-state index in [1.165, 1.54) is 0 Å². The van der Waals surface area contributed by atoms with Gasteiger partial charge in [0.1, 0.15) is 5.52 Å². The molecule has 5 heteroatoms. The molecule has 0 saturated heterocycles. The van der Waals surface area contributed by atoms with Gasteiger partial charge in [0.25, 0.3) is 0 Å². The highest BCUT2D eigenvalue weighted by Gasteiger charge is 2.13. The summed E-state index contributed by atoms with van der Waals surface area (Å²) in [5.74, 6) is 0.868. The summed E-state index contributed by atoms with van der Waals surface area (Å²) >= 11 is 6.21. The van der Waals surface area contributed by atoms with Crippen LogP contribution in [0.5, 0.6) is 0 Å². The Bertz CT molecular complexity index is 723. The van der Waals surface area contributed by atoms with Crippen LogP contribution in [0.25, 0.3) is 16.8 Å². The summed E-state index contributed by atoms with van der Waals surface area (Å²) in [4.78, 5) is 4.56. The molecular weight excluding hydrogens is 236 g/mol. The molecule has 0 aliphatic carbocycles. The Morgan fingerprint density at radius 1 is 1.41 bits per heavy atom. The van der Waals surface area contributed by atoms with Crippen molar-refractivity contribution >= 4 is 28.4 Å². The number of rotatable bonds is 1. The van der Waals surface area contributed by atoms with Crippen LogP contribution in [-0.4, -0.2) is 14.0 Å². The number of benzene rings is 1. The molecule has 2 aromatic heterocycles. The normalized spacial score (nSPS) is 11.8. The third kappa shape index (κ3) is 1.38. The van der Waals surface area contributed by atoms with Gasteiger partial charge < -0.3 is 10.3 Å². The summed E-state index contributed by atoms with van der Waals surface area (Å²) in [7, 11) is 1.96. The Kier molecular flexibility index (Phi) is 2.18. The van der Waals surface area contributed by atoms with Crippen LogP contribution in [-0.2, 0) is 13.6 Å². The molecule has 17 heavy (non-hydrogen) atoms. The van der Waals surface area contributed by atoms with Crippen LogP contribution in [0.1, 0.15) is 11.3 Å². The fourth-order valence-electron chi connectivity index (χ4n) is 2.19. The minimum absolute atomic E-state index is 0.501. The van der Waals surface area contributed by atoms with Crippen molar-refractivity contribution in [2.24, 2.45) is 12.8 Å². The minimum Gasteiger partial charge on any atom is -0.325 e. The van der Waals surface area contributed by atoms with Gasteiger partial charge in [-0.15, -0.1) is 0 Å². The lowest BCUT2D eigenvalue weighted by molar-refractivity contribution is 0.840. The number of halogens is 1. The first-order valence-electron chi connectivity index (χ1n) is 5.44. The Balaban J connectivity index is 2.50. The number of aryl methyl sites for hydroxylation is 2. The number of aromatic nitrogens is 3. The summed E-state index contributed by atoms with van der Waals surface area (Å²) in [5, 5.41) is 0.693. The molecule has 1 aromatic carbocycles. The van der Waals surface area contributed by atoms with Gasteiger partial charge in [0.2, 0.25) is 5.78 Å². The summed E-state index contributed by atoms with van der Waals surface area (Å²) in [6, 6.07) is 4.02. The molecule has 0 unspecified atom stereocenters. The maximum absolute atomic E-state index is 6.21. The van der Waals surface area contributed by atoms with Crippen molar-refractivity contribution < 1.29 is 0 Å². The van der Waals surface area contributed by atoms with Gasteiger partial charge >= 0.3 is 0 Å². The van der Waals surface area contributed by atoms with Crippen LogP contribution in [0.15, 0.2) is 18.3 Å². The van der Waals surface area contributed by atoms with E-state index in [0.717, 1.165) is 28.1 Å². The van der Waals surface area contributed by atoms with Crippen LogP contribution in [0.2, 0.25) is 5.02 Å². The highest BCUT2D eigenvalue weighted by atomic mass is 35.5. The average Bonchev–Trinajstić information content (AvgIpc) is 2.77. The van der Waals surface area contributed by atoms with E-state index in [4.69, 9.17) is 17.3 Å². The average molecular weight is 249 g/mol. The zero-order valence-corrected chi connectivity index (χ0v) is 10.5. The van der Waals surface area contributed by atoms with Gasteiger partial charge in [-0.3, -0.25) is 4.40 Å². The molecule has 0 aliphatic heterocycles. The zero-order valence-electron chi connectivity index (χ0n) is 9.74. The molecule has 2 heterocycles. The smallest absolute Gasteiger partial charge is 0.215 e. The van der Waals surface area contributed by atoms with Gasteiger partial charge in [-0.05, 0) is 24.6 Å². The topological polar surface area (TPSA) is 48.2 Å². The molecule has 0 amide bonds. The minimum atomic E-state index is 0.501. The number of imidazole rings is 2. The number of nitrogens with zero attached hydrogens (tertiary/aromatic N) is 3. The first kappa shape index (κ1) is 10.6. The molecule has 4 nitrogen and oxygen atoms in total. The summed E-state index contributed by atoms with van der Waals surface area (Å²) < 4.78 is 4.03. The second-order valence-corrected chi connectivity index (χ2v) is 4.69. The van der Waals surface area contributed by atoms with Gasteiger partial charge in [-0.2, -0.15) is 0 Å². The lowest BCUT2D eigenvalue weighted by atomic mass is 10.2. The molecule has 88 valence electrons. The van der Waals surface area contributed by atoms with Crippen LogP contribution in [0.3, 0.4) is 0 Å². The second-order valence-electron chi connectivity index (χ2n) is 4.28. The Morgan fingerprint density at radius 2 is 2.18 bits per heavy atom. The van der Waals surface area contributed by atoms with E-state index in [1.54, 1.807) is 0 Å². The fraction of sp³-hybridized carbons (Fsp3) is 0.250. The van der Waals surface area contributed by atoms with E-state index in [-0.39, 0.29) is 0 Å². The highest BCUT2D eigenvalue weighted by Crippen LogP contribution is 2.26. The molecule has 0 spiro atoms. The SMILES string of the molecule is Cc1cc(Cl)c2nc3n(C)c(CN)cn3c2c1. The maximum atomic E-state index is 6.21. The van der Waals surface area contributed by atoms with Crippen LogP contribution in [0.4, 0.5) is 0 Å². The van der Waals surface area contributed by atoms with Gasteiger partial charge in [-0.25, -0.2) is 4.98 Å². The van der Waals surface area contributed by atoms with Crippen molar-refractivity contribution in [3.05, 3.63) is 34.6 Å². The van der Waals surface area contributed by atoms with Crippen molar-refractivity contribution in [2.45, 2.75) is 13.5 Å². The Hall–Kier alpha value is -1.52. The first-order valence-corrected chi connectivity index (χ1v) is 5.82. The zero-order chi connectivity index (χ0) is 12.2. The number of fused-ring (bicyclic) bond motifs is 3. The second kappa shape index (κ2) is 3.48. The van der Waals surface area contributed by atoms with Gasteiger partial charge in [-0.1, -0.05) is 11.6 Å². The molecule has 0 bridgehead atoms. The summed E-state index contributed by atoms with van der Waals surface area (Å²) in [5.41, 5.74) is 9.73. The standard InChI is InChI=1S/C12H13ClN4/c1-7-3-9(13)11-10(4-7)17-6-8(5-14)16(2)12(17)15-11/h3-4,6H,5,14H2,1-2H3. The van der Waals surface area contributed by atoms with Crippen molar-refractivity contribution in [1.29, 1.82) is 0 Å². The van der Waals surface area contributed by atoms with Gasteiger partial charge in [0, 0.05) is 19.8 Å². The number of nitrogens with two attached hydrogens (primary N) is 1. The molecule has 3 rings (SSSR count). The molecule has 0 aliphatic rings. The lowest BCUT2D eigenvalue weighted by Gasteiger charge is -1.97. The quantitative estimate of drug-likeness (QED) is 0.718. The predicted octanol–water partition coefficient (Wildman–Crippen LogP) is 2.25. The first-order chi connectivity index (χ1) is 8.11. The molecule has 0 fully saturated rings. The molecular formula is C12H13ClN4. The van der Waals surface area contributed by atoms with Crippen molar-refractivity contribution in [1.82, 2.24) is 14.0 Å². The maximum Gasteiger partial charge on any atom is 0.215 e. The van der Waals surface area contributed by atoms with Crippen molar-refractivity contribution in [2.75, 3.05) is 0 Å². The molecule has 0 atom stereocenters. The summed E-state index contributed by atoms with van der Waals surface area (Å²) in [6.07, 6.45) is 2.01. The number of hydrogen-bond acceptors (Lipinski definition) is 2. The molecule has 0 saturated carbocycles.